The van der Waals surface area contributed by atoms with E-state index in [4.69, 9.17) is 16.3 Å². The Morgan fingerprint density at radius 3 is 2.60 bits per heavy atom. The van der Waals surface area contributed by atoms with E-state index in [9.17, 15) is 0 Å². The van der Waals surface area contributed by atoms with Gasteiger partial charge in [-0.2, -0.15) is 0 Å². The summed E-state index contributed by atoms with van der Waals surface area (Å²) in [5, 5.41) is 4.21. The molecule has 1 aromatic carbocycles. The van der Waals surface area contributed by atoms with Gasteiger partial charge in [-0.15, -0.1) is 0 Å². The Kier molecular flexibility index (Phi) is 7.97. The predicted molar refractivity (Wildman–Crippen MR) is 87.8 cm³/mol. The summed E-state index contributed by atoms with van der Waals surface area (Å²) >= 11 is 6.38. The molecule has 3 nitrogen and oxygen atoms in total. The fourth-order valence-corrected chi connectivity index (χ4v) is 2.22. The highest BCUT2D eigenvalue weighted by atomic mass is 35.5. The number of likely N-dealkylation sites (N-methyl/N-ethyl adjacent to an activating group) is 1. The minimum Gasteiger partial charge on any atom is -0.380 e. The van der Waals surface area contributed by atoms with E-state index in [0.717, 1.165) is 49.1 Å². The van der Waals surface area contributed by atoms with Crippen LogP contribution >= 0.6 is 11.6 Å². The summed E-state index contributed by atoms with van der Waals surface area (Å²) in [6.07, 6.45) is 0. The van der Waals surface area contributed by atoms with Gasteiger partial charge >= 0.3 is 0 Å². The highest BCUT2D eigenvalue weighted by molar-refractivity contribution is 6.31. The predicted octanol–water partition coefficient (Wildman–Crippen LogP) is 3.70. The van der Waals surface area contributed by atoms with Crippen molar-refractivity contribution in [3.05, 3.63) is 28.8 Å². The number of anilines is 1. The third kappa shape index (κ3) is 5.70. The second-order valence-electron chi connectivity index (χ2n) is 5.09. The Bertz CT molecular complexity index is 396. The molecule has 0 unspecified atom stereocenters. The van der Waals surface area contributed by atoms with Crippen LogP contribution in [0.3, 0.4) is 0 Å². The van der Waals surface area contributed by atoms with Gasteiger partial charge in [0.1, 0.15) is 0 Å². The van der Waals surface area contributed by atoms with E-state index < -0.39 is 0 Å². The van der Waals surface area contributed by atoms with Crippen LogP contribution in [0, 0.1) is 0 Å². The smallest absolute Gasteiger partial charge is 0.0641 e. The third-order valence-corrected chi connectivity index (χ3v) is 3.55. The molecule has 0 aliphatic heterocycles. The first-order valence-electron chi connectivity index (χ1n) is 7.43. The second-order valence-corrected chi connectivity index (χ2v) is 5.50. The molecule has 0 radical (unpaired) electrons. The van der Waals surface area contributed by atoms with Crippen molar-refractivity contribution in [2.45, 2.75) is 40.3 Å². The molecule has 0 bridgehead atoms. The molecular weight excluding hydrogens is 272 g/mol. The fourth-order valence-electron chi connectivity index (χ4n) is 1.98. The summed E-state index contributed by atoms with van der Waals surface area (Å²) in [5.41, 5.74) is 2.30. The minimum absolute atomic E-state index is 0.462. The molecule has 4 heteroatoms. The third-order valence-electron chi connectivity index (χ3n) is 3.19. The molecule has 1 rings (SSSR count). The standard InChI is InChI=1S/C16H27ClN2O/c1-5-19(9-10-20-6-2)15-8-7-14(16(17)11-15)12-18-13(3)4/h7-8,11,13,18H,5-6,9-10,12H2,1-4H3. The average molecular weight is 299 g/mol. The normalized spacial score (nSPS) is 11.1. The SMILES string of the molecule is CCOCCN(CC)c1ccc(CNC(C)C)c(Cl)c1. The van der Waals surface area contributed by atoms with Gasteiger partial charge in [-0.25, -0.2) is 0 Å². The van der Waals surface area contributed by atoms with Gasteiger partial charge in [0.15, 0.2) is 0 Å². The molecule has 1 aromatic rings. The Labute approximate surface area is 128 Å². The van der Waals surface area contributed by atoms with E-state index in [-0.39, 0.29) is 0 Å². The van der Waals surface area contributed by atoms with E-state index in [1.165, 1.54) is 0 Å². The number of benzene rings is 1. The van der Waals surface area contributed by atoms with Crippen molar-refractivity contribution in [1.29, 1.82) is 0 Å². The number of hydrogen-bond acceptors (Lipinski definition) is 3. The van der Waals surface area contributed by atoms with Crippen molar-refractivity contribution in [1.82, 2.24) is 5.32 Å². The molecular formula is C16H27ClN2O. The van der Waals surface area contributed by atoms with Crippen LogP contribution < -0.4 is 10.2 Å². The van der Waals surface area contributed by atoms with Gasteiger partial charge in [0.25, 0.3) is 0 Å². The first-order valence-corrected chi connectivity index (χ1v) is 7.80. The van der Waals surface area contributed by atoms with Gasteiger partial charge in [0.05, 0.1) is 6.61 Å². The van der Waals surface area contributed by atoms with Crippen LogP contribution in [-0.4, -0.2) is 32.3 Å². The number of halogens is 1. The van der Waals surface area contributed by atoms with Crippen LogP contribution in [0.4, 0.5) is 5.69 Å². The summed E-state index contributed by atoms with van der Waals surface area (Å²) in [4.78, 5) is 2.28. The van der Waals surface area contributed by atoms with Crippen molar-refractivity contribution in [2.75, 3.05) is 31.2 Å². The van der Waals surface area contributed by atoms with Gasteiger partial charge in [-0.05, 0) is 31.5 Å². The molecule has 0 heterocycles. The van der Waals surface area contributed by atoms with Crippen LogP contribution in [0.2, 0.25) is 5.02 Å². The zero-order chi connectivity index (χ0) is 15.0. The molecule has 0 amide bonds. The lowest BCUT2D eigenvalue weighted by Gasteiger charge is -2.23. The van der Waals surface area contributed by atoms with E-state index in [1.807, 2.05) is 13.0 Å². The van der Waals surface area contributed by atoms with Crippen LogP contribution in [0.15, 0.2) is 18.2 Å². The molecule has 0 aliphatic rings. The monoisotopic (exact) mass is 298 g/mol. The van der Waals surface area contributed by atoms with Gasteiger partial charge in [0, 0.05) is 43.0 Å². The van der Waals surface area contributed by atoms with Crippen LogP contribution in [0.5, 0.6) is 0 Å². The first kappa shape index (κ1) is 17.3. The van der Waals surface area contributed by atoms with E-state index in [1.54, 1.807) is 0 Å². The molecule has 114 valence electrons. The highest BCUT2D eigenvalue weighted by Crippen LogP contribution is 2.23. The maximum absolute atomic E-state index is 6.38. The maximum atomic E-state index is 6.38. The van der Waals surface area contributed by atoms with Crippen LogP contribution in [-0.2, 0) is 11.3 Å². The zero-order valence-electron chi connectivity index (χ0n) is 13.1. The fraction of sp³-hybridized carbons (Fsp3) is 0.625. The summed E-state index contributed by atoms with van der Waals surface area (Å²) < 4.78 is 5.42. The van der Waals surface area contributed by atoms with Gasteiger partial charge in [-0.3, -0.25) is 0 Å². The number of nitrogens with one attached hydrogen (secondary N) is 1. The molecule has 0 spiro atoms. The Morgan fingerprint density at radius 1 is 1.30 bits per heavy atom. The number of ether oxygens (including phenoxy) is 1. The van der Waals surface area contributed by atoms with Gasteiger partial charge in [0.2, 0.25) is 0 Å². The second kappa shape index (κ2) is 9.22. The molecule has 20 heavy (non-hydrogen) atoms. The molecule has 0 saturated carbocycles. The molecule has 0 aromatic heterocycles. The lowest BCUT2D eigenvalue weighted by atomic mass is 10.1. The summed E-state index contributed by atoms with van der Waals surface area (Å²) in [6, 6.07) is 6.76. The van der Waals surface area contributed by atoms with E-state index >= 15 is 0 Å². The van der Waals surface area contributed by atoms with Gasteiger partial charge < -0.3 is 15.0 Å². The topological polar surface area (TPSA) is 24.5 Å². The van der Waals surface area contributed by atoms with Crippen LogP contribution in [0.25, 0.3) is 0 Å². The molecule has 0 atom stereocenters. The quantitative estimate of drug-likeness (QED) is 0.704. The maximum Gasteiger partial charge on any atom is 0.0641 e. The number of nitrogens with zero attached hydrogens (tertiary/aromatic N) is 1. The number of rotatable bonds is 9. The van der Waals surface area contributed by atoms with Crippen molar-refractivity contribution in [3.8, 4) is 0 Å². The van der Waals surface area contributed by atoms with Crippen molar-refractivity contribution in [2.24, 2.45) is 0 Å². The van der Waals surface area contributed by atoms with Crippen LogP contribution in [0.1, 0.15) is 33.3 Å². The summed E-state index contributed by atoms with van der Waals surface area (Å²) in [7, 11) is 0. The molecule has 0 fully saturated rings. The Balaban J connectivity index is 2.68. The molecule has 0 saturated heterocycles. The molecule has 0 aliphatic carbocycles. The molecule has 1 N–H and O–H groups in total. The Morgan fingerprint density at radius 2 is 2.05 bits per heavy atom. The highest BCUT2D eigenvalue weighted by Gasteiger charge is 2.08. The summed E-state index contributed by atoms with van der Waals surface area (Å²) in [6.45, 7) is 12.6. The van der Waals surface area contributed by atoms with Crippen molar-refractivity contribution >= 4 is 17.3 Å². The minimum atomic E-state index is 0.462. The first-order chi connectivity index (χ1) is 9.58. The number of hydrogen-bond donors (Lipinski definition) is 1. The lowest BCUT2D eigenvalue weighted by molar-refractivity contribution is 0.154. The average Bonchev–Trinajstić information content (AvgIpc) is 2.42. The van der Waals surface area contributed by atoms with Gasteiger partial charge in [-0.1, -0.05) is 31.5 Å². The van der Waals surface area contributed by atoms with E-state index in [0.29, 0.717) is 6.04 Å². The summed E-state index contributed by atoms with van der Waals surface area (Å²) in [5.74, 6) is 0. The Hall–Kier alpha value is -0.770. The van der Waals surface area contributed by atoms with E-state index in [2.05, 4.69) is 43.1 Å². The van der Waals surface area contributed by atoms with Crippen molar-refractivity contribution in [3.63, 3.8) is 0 Å². The largest absolute Gasteiger partial charge is 0.380 e. The lowest BCUT2D eigenvalue weighted by Crippen LogP contribution is -2.27. The van der Waals surface area contributed by atoms with Crippen molar-refractivity contribution < 1.29 is 4.74 Å². The zero-order valence-corrected chi connectivity index (χ0v) is 13.8.